The van der Waals surface area contributed by atoms with E-state index in [0.717, 1.165) is 41.9 Å². The molecule has 0 atom stereocenters. The van der Waals surface area contributed by atoms with Gasteiger partial charge in [-0.3, -0.25) is 9.69 Å². The number of amidine groups is 1. The first-order chi connectivity index (χ1) is 15.6. The fraction of sp³-hybridized carbons (Fsp3) is 0.360. The summed E-state index contributed by atoms with van der Waals surface area (Å²) in [6.07, 6.45) is 3.58. The van der Waals surface area contributed by atoms with Gasteiger partial charge in [-0.05, 0) is 36.2 Å². The molecule has 1 amide bonds. The second-order valence-corrected chi connectivity index (χ2v) is 6.96. The Bertz CT molecular complexity index is 942. The molecule has 7 nitrogen and oxygen atoms in total. The van der Waals surface area contributed by atoms with Gasteiger partial charge < -0.3 is 20.1 Å². The lowest BCUT2D eigenvalue weighted by molar-refractivity contribution is -0.114. The molecule has 0 radical (unpaired) electrons. The van der Waals surface area contributed by atoms with Crippen molar-refractivity contribution < 1.29 is 14.3 Å². The largest absolute Gasteiger partial charge is 0.493 e. The molecule has 0 spiro atoms. The van der Waals surface area contributed by atoms with E-state index in [0.29, 0.717) is 30.4 Å². The highest BCUT2D eigenvalue weighted by Gasteiger charge is 2.23. The second kappa shape index (κ2) is 12.5. The maximum atomic E-state index is 11.8. The number of benzene rings is 2. The standard InChI is InChI=1S/C23H28N4O3.C2H6/c1-26-11-9-17-13-21(29-2)22(30-3)14-19(17)20(26)15-23(27(16-28)12-10-24)25-18-7-5-4-6-8-18;1-2/h4-8,13-16H,9-12,24H2,1-3H3;1-2H3/b20-15-,25-23?;. The molecule has 7 heteroatoms. The molecule has 3 rings (SSSR count). The summed E-state index contributed by atoms with van der Waals surface area (Å²) in [5.74, 6) is 1.90. The van der Waals surface area contributed by atoms with Crippen LogP contribution in [0.5, 0.6) is 11.5 Å². The molecule has 0 aromatic heterocycles. The van der Waals surface area contributed by atoms with Crippen LogP contribution in [0.2, 0.25) is 0 Å². The zero-order chi connectivity index (χ0) is 23.5. The van der Waals surface area contributed by atoms with Crippen LogP contribution in [0.1, 0.15) is 25.0 Å². The van der Waals surface area contributed by atoms with Gasteiger partial charge in [0, 0.05) is 44.0 Å². The number of aliphatic imine (C=N–C) groups is 1. The van der Waals surface area contributed by atoms with Crippen LogP contribution in [0.15, 0.2) is 53.5 Å². The van der Waals surface area contributed by atoms with Crippen molar-refractivity contribution in [2.24, 2.45) is 10.7 Å². The van der Waals surface area contributed by atoms with Gasteiger partial charge in [0.05, 0.1) is 19.9 Å². The topological polar surface area (TPSA) is 80.4 Å². The average molecular weight is 439 g/mol. The highest BCUT2D eigenvalue weighted by molar-refractivity contribution is 6.05. The van der Waals surface area contributed by atoms with Crippen LogP contribution in [0, 0.1) is 0 Å². The minimum atomic E-state index is 0.340. The van der Waals surface area contributed by atoms with Crippen LogP contribution in [-0.4, -0.2) is 62.9 Å². The summed E-state index contributed by atoms with van der Waals surface area (Å²) in [4.78, 5) is 20.2. The quantitative estimate of drug-likeness (QED) is 0.405. The van der Waals surface area contributed by atoms with Gasteiger partial charge in [-0.25, -0.2) is 4.99 Å². The Kier molecular flexibility index (Phi) is 9.76. The SMILES string of the molecule is CC.COc1cc2c(cc1OC)/C(=C/C(=Nc1ccccc1)N(C=O)CCN)N(C)CC2. The maximum Gasteiger partial charge on any atom is 0.215 e. The number of fused-ring (bicyclic) bond motifs is 1. The van der Waals surface area contributed by atoms with Gasteiger partial charge in [-0.2, -0.15) is 0 Å². The Balaban J connectivity index is 0.00000176. The van der Waals surface area contributed by atoms with E-state index in [-0.39, 0.29) is 0 Å². The number of nitrogens with zero attached hydrogens (tertiary/aromatic N) is 3. The number of para-hydroxylation sites is 1. The van der Waals surface area contributed by atoms with Gasteiger partial charge in [0.15, 0.2) is 11.5 Å². The average Bonchev–Trinajstić information content (AvgIpc) is 2.84. The van der Waals surface area contributed by atoms with Crippen molar-refractivity contribution in [3.05, 3.63) is 59.7 Å². The molecule has 0 unspecified atom stereocenters. The lowest BCUT2D eigenvalue weighted by Crippen LogP contribution is -2.34. The van der Waals surface area contributed by atoms with Crippen molar-refractivity contribution in [3.63, 3.8) is 0 Å². The van der Waals surface area contributed by atoms with E-state index < -0.39 is 0 Å². The van der Waals surface area contributed by atoms with Crippen LogP contribution < -0.4 is 15.2 Å². The number of rotatable bonds is 7. The number of ether oxygens (including phenoxy) is 2. The van der Waals surface area contributed by atoms with Crippen LogP contribution in [-0.2, 0) is 11.2 Å². The molecule has 0 fully saturated rings. The lowest BCUT2D eigenvalue weighted by Gasteiger charge is -2.31. The molecule has 32 heavy (non-hydrogen) atoms. The Morgan fingerprint density at radius 3 is 2.41 bits per heavy atom. The summed E-state index contributed by atoms with van der Waals surface area (Å²) >= 11 is 0. The van der Waals surface area contributed by atoms with E-state index in [1.807, 2.05) is 69.4 Å². The van der Waals surface area contributed by atoms with E-state index in [1.54, 1.807) is 14.2 Å². The van der Waals surface area contributed by atoms with Gasteiger partial charge in [0.25, 0.3) is 0 Å². The summed E-state index contributed by atoms with van der Waals surface area (Å²) in [5.41, 5.74) is 9.63. The minimum absolute atomic E-state index is 0.340. The van der Waals surface area contributed by atoms with Crippen molar-refractivity contribution in [3.8, 4) is 11.5 Å². The number of methoxy groups -OCH3 is 2. The van der Waals surface area contributed by atoms with E-state index in [1.165, 1.54) is 4.90 Å². The molecule has 2 aromatic rings. The Hall–Kier alpha value is -3.32. The highest BCUT2D eigenvalue weighted by Crippen LogP contribution is 2.37. The molecule has 0 saturated heterocycles. The van der Waals surface area contributed by atoms with Crippen LogP contribution in [0.25, 0.3) is 5.70 Å². The molecule has 1 aliphatic heterocycles. The fourth-order valence-corrected chi connectivity index (χ4v) is 3.47. The molecule has 1 heterocycles. The molecular weight excluding hydrogens is 404 g/mol. The summed E-state index contributed by atoms with van der Waals surface area (Å²) in [6, 6.07) is 13.5. The number of carbonyl (C=O) groups is 1. The van der Waals surface area contributed by atoms with Gasteiger partial charge in [-0.1, -0.05) is 32.0 Å². The summed E-state index contributed by atoms with van der Waals surface area (Å²) in [7, 11) is 5.28. The first kappa shape index (κ1) is 24.9. The molecular formula is C25H34N4O3. The number of carbonyl (C=O) groups excluding carboxylic acids is 1. The smallest absolute Gasteiger partial charge is 0.215 e. The summed E-state index contributed by atoms with van der Waals surface area (Å²) in [5, 5.41) is 0. The first-order valence-electron chi connectivity index (χ1n) is 10.8. The summed E-state index contributed by atoms with van der Waals surface area (Å²) in [6.45, 7) is 5.56. The van der Waals surface area contributed by atoms with E-state index in [9.17, 15) is 4.79 Å². The minimum Gasteiger partial charge on any atom is -0.493 e. The number of nitrogens with two attached hydrogens (primary N) is 1. The van der Waals surface area contributed by atoms with Crippen molar-refractivity contribution in [2.75, 3.05) is 40.9 Å². The Morgan fingerprint density at radius 1 is 1.16 bits per heavy atom. The fourth-order valence-electron chi connectivity index (χ4n) is 3.47. The molecule has 172 valence electrons. The number of amides is 1. The third-order valence-electron chi connectivity index (χ3n) is 5.07. The normalized spacial score (nSPS) is 14.2. The number of hydrogen-bond donors (Lipinski definition) is 1. The zero-order valence-corrected chi connectivity index (χ0v) is 19.7. The van der Waals surface area contributed by atoms with Crippen LogP contribution >= 0.6 is 0 Å². The maximum absolute atomic E-state index is 11.8. The monoisotopic (exact) mass is 438 g/mol. The Labute approximate surface area is 191 Å². The highest BCUT2D eigenvalue weighted by atomic mass is 16.5. The predicted molar refractivity (Wildman–Crippen MR) is 131 cm³/mol. The lowest BCUT2D eigenvalue weighted by atomic mass is 9.95. The number of likely N-dealkylation sites (N-methyl/N-ethyl adjacent to an activating group) is 1. The molecule has 0 bridgehead atoms. The van der Waals surface area contributed by atoms with Crippen molar-refractivity contribution >= 4 is 23.6 Å². The van der Waals surface area contributed by atoms with Gasteiger partial charge in [-0.15, -0.1) is 0 Å². The van der Waals surface area contributed by atoms with Gasteiger partial charge >= 0.3 is 0 Å². The van der Waals surface area contributed by atoms with Crippen LogP contribution in [0.4, 0.5) is 5.69 Å². The molecule has 0 aliphatic carbocycles. The van der Waals surface area contributed by atoms with Crippen LogP contribution in [0.3, 0.4) is 0 Å². The molecule has 0 saturated carbocycles. The molecule has 2 aromatic carbocycles. The van der Waals surface area contributed by atoms with E-state index >= 15 is 0 Å². The third-order valence-corrected chi connectivity index (χ3v) is 5.07. The zero-order valence-electron chi connectivity index (χ0n) is 19.7. The second-order valence-electron chi connectivity index (χ2n) is 6.96. The number of hydrogen-bond acceptors (Lipinski definition) is 6. The van der Waals surface area contributed by atoms with E-state index in [4.69, 9.17) is 20.2 Å². The van der Waals surface area contributed by atoms with Crippen molar-refractivity contribution in [1.29, 1.82) is 0 Å². The first-order valence-corrected chi connectivity index (χ1v) is 10.8. The predicted octanol–water partition coefficient (Wildman–Crippen LogP) is 3.71. The van der Waals surface area contributed by atoms with Crippen molar-refractivity contribution in [1.82, 2.24) is 9.80 Å². The Morgan fingerprint density at radius 2 is 1.81 bits per heavy atom. The third kappa shape index (κ3) is 5.88. The van der Waals surface area contributed by atoms with Gasteiger partial charge in [0.1, 0.15) is 5.84 Å². The van der Waals surface area contributed by atoms with Gasteiger partial charge in [0.2, 0.25) is 6.41 Å². The molecule has 2 N–H and O–H groups in total. The van der Waals surface area contributed by atoms with Crippen molar-refractivity contribution in [2.45, 2.75) is 20.3 Å². The molecule has 1 aliphatic rings. The van der Waals surface area contributed by atoms with E-state index in [2.05, 4.69) is 4.90 Å². The summed E-state index contributed by atoms with van der Waals surface area (Å²) < 4.78 is 11.0.